The monoisotopic (exact) mass is 494 g/mol. The van der Waals surface area contributed by atoms with E-state index >= 15 is 0 Å². The topological polar surface area (TPSA) is 146 Å². The highest BCUT2D eigenvalue weighted by Crippen LogP contribution is 2.35. The fourth-order valence-electron chi connectivity index (χ4n) is 3.99. The zero-order valence-corrected chi connectivity index (χ0v) is 20.6. The van der Waals surface area contributed by atoms with E-state index in [0.29, 0.717) is 6.42 Å². The first kappa shape index (κ1) is 27.9. The third-order valence-electron chi connectivity index (χ3n) is 5.76. The van der Waals surface area contributed by atoms with Gasteiger partial charge in [0.2, 0.25) is 0 Å². The Kier molecular flexibility index (Phi) is 11.2. The van der Waals surface area contributed by atoms with Crippen molar-refractivity contribution in [3.63, 3.8) is 0 Å². The van der Waals surface area contributed by atoms with Gasteiger partial charge in [-0.25, -0.2) is 0 Å². The second-order valence-corrected chi connectivity index (χ2v) is 12.8. The van der Waals surface area contributed by atoms with E-state index < -0.39 is 52.0 Å². The molecule has 11 heteroatoms. The highest BCUT2D eigenvalue weighted by Gasteiger charge is 2.48. The van der Waals surface area contributed by atoms with Crippen molar-refractivity contribution in [3.8, 4) is 0 Å². The van der Waals surface area contributed by atoms with Gasteiger partial charge in [-0.15, -0.1) is 16.5 Å². The van der Waals surface area contributed by atoms with Gasteiger partial charge >= 0.3 is 0 Å². The zero-order valence-electron chi connectivity index (χ0n) is 19.0. The first-order chi connectivity index (χ1) is 15.1. The van der Waals surface area contributed by atoms with Crippen molar-refractivity contribution < 1.29 is 34.5 Å². The number of hydrogen-bond donors (Lipinski definition) is 5. The lowest BCUT2D eigenvalue weighted by atomic mass is 9.93. The van der Waals surface area contributed by atoms with Crippen LogP contribution in [0.1, 0.15) is 46.5 Å². The number of nitrogens with one attached hydrogen (secondary N) is 1. The van der Waals surface area contributed by atoms with Gasteiger partial charge < -0.3 is 34.6 Å². The summed E-state index contributed by atoms with van der Waals surface area (Å²) in [6.45, 7) is 8.51. The first-order valence-electron chi connectivity index (χ1n) is 11.1. The lowest BCUT2D eigenvalue weighted by Crippen LogP contribution is -2.63. The summed E-state index contributed by atoms with van der Waals surface area (Å²) in [5.41, 5.74) is -0.634. The Hall–Kier alpha value is -0.370. The number of fused-ring (bicyclic) bond motifs is 2. The summed E-state index contributed by atoms with van der Waals surface area (Å²) in [6.07, 6.45) is 3.53. The fourth-order valence-corrected chi connectivity index (χ4v) is 6.26. The Labute approximate surface area is 197 Å². The van der Waals surface area contributed by atoms with Crippen molar-refractivity contribution in [2.45, 2.75) is 92.3 Å². The molecule has 8 atom stereocenters. The second-order valence-electron chi connectivity index (χ2n) is 9.36. The molecule has 0 aromatic rings. The van der Waals surface area contributed by atoms with Crippen LogP contribution < -0.4 is 4.72 Å². The minimum absolute atomic E-state index is 0.236. The highest BCUT2D eigenvalue weighted by atomic mass is 32.2. The normalized spacial score (nSPS) is 37.3. The second kappa shape index (κ2) is 12.9. The van der Waals surface area contributed by atoms with Crippen LogP contribution in [0.3, 0.4) is 0 Å². The molecule has 2 bridgehead atoms. The van der Waals surface area contributed by atoms with Crippen LogP contribution >= 0.6 is 11.8 Å². The third-order valence-corrected chi connectivity index (χ3v) is 8.77. The quantitative estimate of drug-likeness (QED) is 0.212. The van der Waals surface area contributed by atoms with E-state index in [1.165, 1.54) is 24.6 Å². The predicted octanol–water partition coefficient (Wildman–Crippen LogP) is 0.463. The molecule has 32 heavy (non-hydrogen) atoms. The minimum Gasteiger partial charge on any atom is -0.598 e. The van der Waals surface area contributed by atoms with E-state index in [1.54, 1.807) is 0 Å². The van der Waals surface area contributed by atoms with Crippen LogP contribution in [-0.4, -0.2) is 102 Å². The van der Waals surface area contributed by atoms with Gasteiger partial charge in [-0.1, -0.05) is 12.2 Å². The largest absolute Gasteiger partial charge is 0.598 e. The molecule has 0 amide bonds. The van der Waals surface area contributed by atoms with Crippen molar-refractivity contribution in [1.82, 2.24) is 9.62 Å². The molecule has 9 nitrogen and oxygen atoms in total. The predicted molar refractivity (Wildman–Crippen MR) is 126 cm³/mol. The van der Waals surface area contributed by atoms with Crippen LogP contribution in [0, 0.1) is 0 Å². The molecular weight excluding hydrogens is 456 g/mol. The number of carbonyl (C=O) groups is 1. The Bertz CT molecular complexity index is 601. The molecule has 3 aliphatic heterocycles. The smallest absolute Gasteiger partial charge is 0.290 e. The molecule has 2 saturated heterocycles. The molecule has 3 heterocycles. The molecule has 0 saturated carbocycles. The molecule has 0 radical (unpaired) electrons. The average Bonchev–Trinajstić information content (AvgIpc) is 3.23. The maximum Gasteiger partial charge on any atom is 0.290 e. The summed E-state index contributed by atoms with van der Waals surface area (Å²) in [5.74, 6) is 0. The SMILES string of the molecule is CC(C)(C)[S+]([O-])N[C@@H]1CC=CC[C@@H](CN2CCCC2)S[C@H]2O[C@H]1[C@H](O)[C@H](O)[C@H]2O.O=CO. The summed E-state index contributed by atoms with van der Waals surface area (Å²) in [4.78, 5) is 10.8. The lowest BCUT2D eigenvalue weighted by Gasteiger charge is -2.44. The van der Waals surface area contributed by atoms with Gasteiger partial charge in [0.25, 0.3) is 6.47 Å². The van der Waals surface area contributed by atoms with Crippen molar-refractivity contribution in [2.24, 2.45) is 0 Å². The number of allylic oxidation sites excluding steroid dienone is 1. The Morgan fingerprint density at radius 1 is 1.16 bits per heavy atom. The van der Waals surface area contributed by atoms with Crippen LogP contribution in [0.15, 0.2) is 12.2 Å². The molecule has 3 aliphatic rings. The zero-order chi connectivity index (χ0) is 23.9. The van der Waals surface area contributed by atoms with Crippen LogP contribution in [-0.2, 0) is 20.9 Å². The molecule has 186 valence electrons. The number of carboxylic acid groups (broad SMARTS) is 1. The maximum absolute atomic E-state index is 12.7. The van der Waals surface area contributed by atoms with Gasteiger partial charge in [0.1, 0.15) is 34.6 Å². The Morgan fingerprint density at radius 2 is 1.75 bits per heavy atom. The van der Waals surface area contributed by atoms with Gasteiger partial charge in [0.05, 0.1) is 6.04 Å². The van der Waals surface area contributed by atoms with Crippen molar-refractivity contribution in [1.29, 1.82) is 0 Å². The number of nitrogens with zero attached hydrogens (tertiary/aromatic N) is 1. The van der Waals surface area contributed by atoms with Gasteiger partial charge in [-0.2, -0.15) is 0 Å². The van der Waals surface area contributed by atoms with E-state index in [0.717, 1.165) is 26.1 Å². The third kappa shape index (κ3) is 7.85. The molecule has 3 rings (SSSR count). The average molecular weight is 495 g/mol. The van der Waals surface area contributed by atoms with Crippen molar-refractivity contribution >= 4 is 29.6 Å². The van der Waals surface area contributed by atoms with E-state index in [4.69, 9.17) is 14.6 Å². The molecule has 0 aromatic heterocycles. The van der Waals surface area contributed by atoms with Gasteiger partial charge in [-0.05, 0) is 59.5 Å². The van der Waals surface area contributed by atoms with Gasteiger partial charge in [-0.3, -0.25) is 4.79 Å². The van der Waals surface area contributed by atoms with E-state index in [1.807, 2.05) is 26.8 Å². The van der Waals surface area contributed by atoms with Gasteiger partial charge in [0.15, 0.2) is 0 Å². The van der Waals surface area contributed by atoms with E-state index in [2.05, 4.69) is 15.7 Å². The molecule has 0 aromatic carbocycles. The molecular formula is C21H38N2O7S2. The molecule has 0 spiro atoms. The summed E-state index contributed by atoms with van der Waals surface area (Å²) >= 11 is 0.185. The Morgan fingerprint density at radius 3 is 2.34 bits per heavy atom. The Balaban J connectivity index is 0.00000114. The number of rotatable bonds is 4. The van der Waals surface area contributed by atoms with Crippen molar-refractivity contribution in [2.75, 3.05) is 19.6 Å². The number of hydrogen-bond acceptors (Lipinski definition) is 9. The maximum atomic E-state index is 12.7. The summed E-state index contributed by atoms with van der Waals surface area (Å²) in [5, 5.41) is 38.8. The van der Waals surface area contributed by atoms with E-state index in [9.17, 15) is 19.9 Å². The summed E-state index contributed by atoms with van der Waals surface area (Å²) in [7, 11) is 0. The number of ether oxygens (including phenoxy) is 1. The molecule has 1 unspecified atom stereocenters. The summed E-state index contributed by atoms with van der Waals surface area (Å²) < 4.78 is 21.4. The number of aliphatic hydroxyl groups excluding tert-OH is 3. The number of likely N-dealkylation sites (tertiary alicyclic amines) is 1. The summed E-state index contributed by atoms with van der Waals surface area (Å²) in [6, 6.07) is -0.429. The first-order valence-corrected chi connectivity index (χ1v) is 13.2. The number of thioether (sulfide) groups is 1. The highest BCUT2D eigenvalue weighted by molar-refractivity contribution is 8.00. The number of aliphatic hydroxyl groups is 3. The molecule has 5 N–H and O–H groups in total. The van der Waals surface area contributed by atoms with E-state index in [-0.39, 0.29) is 11.7 Å². The van der Waals surface area contributed by atoms with Gasteiger partial charge in [0, 0.05) is 23.2 Å². The van der Waals surface area contributed by atoms with Crippen LogP contribution in [0.5, 0.6) is 0 Å². The van der Waals surface area contributed by atoms with Crippen molar-refractivity contribution in [3.05, 3.63) is 12.2 Å². The fraction of sp³-hybridized carbons (Fsp3) is 0.857. The minimum atomic E-state index is -1.35. The molecule has 0 aliphatic carbocycles. The lowest BCUT2D eigenvalue weighted by molar-refractivity contribution is -0.203. The van der Waals surface area contributed by atoms with Crippen LogP contribution in [0.4, 0.5) is 0 Å². The standard InChI is InChI=1S/C20H36N2O5S2.CH2O2/c1-20(2,3)29(26)21-14-9-5-4-8-13(12-22-10-6-7-11-22)28-19-17(25)15(23)16(24)18(14)27-19;2-1-3/h4-5,13-19,21,23-25H,6-12H2,1-3H3;1H,(H,2,3)/t13-,14+,15-,16+,17+,18+,19+,29?;/m0./s1. The molecule has 2 fully saturated rings. The van der Waals surface area contributed by atoms with Crippen LogP contribution in [0.25, 0.3) is 0 Å². The van der Waals surface area contributed by atoms with Crippen LogP contribution in [0.2, 0.25) is 0 Å².